The minimum Gasteiger partial charge on any atom is -0.468 e. The minimum atomic E-state index is -4.88. The largest absolute Gasteiger partial charge is 0.468 e. The van der Waals surface area contributed by atoms with Crippen LogP contribution in [0.5, 0.6) is 0 Å². The number of ether oxygens (including phenoxy) is 1. The van der Waals surface area contributed by atoms with Gasteiger partial charge in [-0.1, -0.05) is 11.6 Å². The van der Waals surface area contributed by atoms with Crippen LogP contribution < -0.4 is 11.2 Å². The Balaban J connectivity index is 2.00. The van der Waals surface area contributed by atoms with Crippen molar-refractivity contribution in [2.45, 2.75) is 30.1 Å². The normalized spacial score (nSPS) is 19.0. The van der Waals surface area contributed by atoms with Crippen LogP contribution in [0.25, 0.3) is 5.70 Å². The molecule has 2 heterocycles. The van der Waals surface area contributed by atoms with Gasteiger partial charge in [-0.2, -0.15) is 13.2 Å². The number of carbonyl (C=O) groups excluding carboxylic acids is 1. The Morgan fingerprint density at radius 1 is 1.33 bits per heavy atom. The highest BCUT2D eigenvalue weighted by molar-refractivity contribution is 8.02. The summed E-state index contributed by atoms with van der Waals surface area (Å²) in [5, 5.41) is 0.0433. The lowest BCUT2D eigenvalue weighted by molar-refractivity contribution is -0.144. The molecule has 2 aromatic rings. The number of allylic oxidation sites excluding steroid dienone is 4. The first kappa shape index (κ1) is 25.3. The Hall–Kier alpha value is -2.37. The summed E-state index contributed by atoms with van der Waals surface area (Å²) in [6, 6.07) is 1.83. The Bertz CT molecular complexity index is 1290. The van der Waals surface area contributed by atoms with Gasteiger partial charge < -0.3 is 9.15 Å². The second-order valence-electron chi connectivity index (χ2n) is 7.30. The summed E-state index contributed by atoms with van der Waals surface area (Å²) in [5.41, 5.74) is -3.59. The van der Waals surface area contributed by atoms with Crippen molar-refractivity contribution in [3.8, 4) is 0 Å². The van der Waals surface area contributed by atoms with E-state index in [0.717, 1.165) is 7.05 Å². The van der Waals surface area contributed by atoms with Gasteiger partial charge in [-0.25, -0.2) is 14.2 Å². The number of aromatic nitrogens is 2. The molecule has 0 fully saturated rings. The quantitative estimate of drug-likeness (QED) is 0.420. The van der Waals surface area contributed by atoms with Gasteiger partial charge in [0.25, 0.3) is 5.56 Å². The molecule has 0 N–H and O–H groups in total. The SMILES string of the molecule is COC(=O)c1coc(CSC2=CC(n3c(=O)cc(C(F)(F)F)n(C)c3=O)=C(Cl)CC2(C)Cl)c1. The molecule has 1 atom stereocenters. The summed E-state index contributed by atoms with van der Waals surface area (Å²) in [5.74, 6) is 0.0952. The first-order valence-electron chi connectivity index (χ1n) is 9.25. The second kappa shape index (κ2) is 9.11. The van der Waals surface area contributed by atoms with Crippen molar-refractivity contribution in [1.29, 1.82) is 0 Å². The van der Waals surface area contributed by atoms with Crippen molar-refractivity contribution in [3.05, 3.63) is 72.3 Å². The van der Waals surface area contributed by atoms with Crippen molar-refractivity contribution in [1.82, 2.24) is 9.13 Å². The van der Waals surface area contributed by atoms with Crippen LogP contribution >= 0.6 is 35.0 Å². The molecule has 1 aliphatic carbocycles. The lowest BCUT2D eigenvalue weighted by Gasteiger charge is -2.30. The van der Waals surface area contributed by atoms with Gasteiger partial charge in [0.15, 0.2) is 0 Å². The maximum Gasteiger partial charge on any atom is 0.431 e. The summed E-state index contributed by atoms with van der Waals surface area (Å²) in [4.78, 5) is 36.2. The molecule has 1 unspecified atom stereocenters. The van der Waals surface area contributed by atoms with E-state index in [0.29, 0.717) is 25.9 Å². The zero-order valence-corrected chi connectivity index (χ0v) is 19.8. The first-order chi connectivity index (χ1) is 15.3. The molecule has 0 bridgehead atoms. The van der Waals surface area contributed by atoms with Gasteiger partial charge in [0.05, 0.1) is 29.0 Å². The highest BCUT2D eigenvalue weighted by Crippen LogP contribution is 2.46. The van der Waals surface area contributed by atoms with Gasteiger partial charge in [0, 0.05) is 29.5 Å². The van der Waals surface area contributed by atoms with Crippen LogP contribution in [0.2, 0.25) is 0 Å². The fraction of sp³-hybridized carbons (Fsp3) is 0.350. The van der Waals surface area contributed by atoms with Gasteiger partial charge >= 0.3 is 17.8 Å². The highest BCUT2D eigenvalue weighted by Gasteiger charge is 2.37. The number of nitrogens with zero attached hydrogens (tertiary/aromatic N) is 2. The number of carbonyl (C=O) groups is 1. The molecule has 0 aliphatic heterocycles. The molecule has 3 rings (SSSR count). The molecule has 0 saturated heterocycles. The van der Waals surface area contributed by atoms with Gasteiger partial charge in [-0.15, -0.1) is 23.4 Å². The molecule has 2 aromatic heterocycles. The third-order valence-electron chi connectivity index (χ3n) is 4.84. The average Bonchev–Trinajstić information content (AvgIpc) is 3.18. The van der Waals surface area contributed by atoms with Crippen LogP contribution in [0.15, 0.2) is 48.4 Å². The van der Waals surface area contributed by atoms with E-state index in [2.05, 4.69) is 4.74 Å². The summed E-state index contributed by atoms with van der Waals surface area (Å²) in [6.07, 6.45) is -2.23. The van der Waals surface area contributed by atoms with Crippen molar-refractivity contribution < 1.29 is 27.1 Å². The molecule has 13 heteroatoms. The molecule has 1 aliphatic rings. The molecule has 33 heavy (non-hydrogen) atoms. The van der Waals surface area contributed by atoms with Gasteiger partial charge in [0.1, 0.15) is 17.7 Å². The van der Waals surface area contributed by atoms with E-state index < -0.39 is 34.0 Å². The van der Waals surface area contributed by atoms with Gasteiger partial charge in [-0.3, -0.25) is 9.36 Å². The van der Waals surface area contributed by atoms with E-state index in [4.69, 9.17) is 27.6 Å². The monoisotopic (exact) mass is 524 g/mol. The third kappa shape index (κ3) is 5.10. The van der Waals surface area contributed by atoms with Crippen LogP contribution in [0.3, 0.4) is 0 Å². The van der Waals surface area contributed by atoms with E-state index in [-0.39, 0.29) is 28.5 Å². The van der Waals surface area contributed by atoms with Crippen LogP contribution in [-0.4, -0.2) is 27.1 Å². The van der Waals surface area contributed by atoms with E-state index in [9.17, 15) is 27.6 Å². The summed E-state index contributed by atoms with van der Waals surface area (Å²) in [6.45, 7) is 1.67. The van der Waals surface area contributed by atoms with Crippen molar-refractivity contribution in [2.75, 3.05) is 7.11 Å². The summed E-state index contributed by atoms with van der Waals surface area (Å²) < 4.78 is 50.3. The molecule has 0 spiro atoms. The van der Waals surface area contributed by atoms with E-state index in [1.165, 1.54) is 37.3 Å². The number of halogens is 5. The fourth-order valence-corrected chi connectivity index (χ4v) is 4.99. The van der Waals surface area contributed by atoms with Crippen LogP contribution in [-0.2, 0) is 23.7 Å². The topological polar surface area (TPSA) is 83.4 Å². The molecular weight excluding hydrogens is 508 g/mol. The lowest BCUT2D eigenvalue weighted by atomic mass is 9.99. The molecule has 0 aromatic carbocycles. The number of rotatable bonds is 5. The van der Waals surface area contributed by atoms with Crippen molar-refractivity contribution in [3.63, 3.8) is 0 Å². The number of hydrogen-bond donors (Lipinski definition) is 0. The number of hydrogen-bond acceptors (Lipinski definition) is 6. The standard InChI is InChI=1S/C20H17Cl2F3N2O5S/c1-19(22)7-12(21)13(27-16(28)6-14(20(23,24)25)26(2)18(27)30)5-15(19)33-9-11-4-10(8-32-11)17(29)31-3/h4-6,8H,7,9H2,1-3H3. The summed E-state index contributed by atoms with van der Waals surface area (Å²) in [7, 11) is 2.15. The molecule has 7 nitrogen and oxygen atoms in total. The van der Waals surface area contributed by atoms with Gasteiger partial charge in [0.2, 0.25) is 0 Å². The number of methoxy groups -OCH3 is 1. The van der Waals surface area contributed by atoms with Crippen LogP contribution in [0, 0.1) is 0 Å². The third-order valence-corrected chi connectivity index (χ3v) is 6.93. The Kier molecular flexibility index (Phi) is 6.97. The number of alkyl halides is 4. The maximum absolute atomic E-state index is 13.1. The molecule has 0 amide bonds. The molecule has 178 valence electrons. The predicted molar refractivity (Wildman–Crippen MR) is 118 cm³/mol. The summed E-state index contributed by atoms with van der Waals surface area (Å²) >= 11 is 14.1. The number of thioether (sulfide) groups is 1. The molecule has 0 radical (unpaired) electrons. The minimum absolute atomic E-state index is 0.0203. The zero-order valence-electron chi connectivity index (χ0n) is 17.5. The number of furan rings is 1. The second-order valence-corrected chi connectivity index (χ2v) is 9.61. The van der Waals surface area contributed by atoms with E-state index >= 15 is 0 Å². The lowest BCUT2D eigenvalue weighted by Crippen LogP contribution is -2.42. The van der Waals surface area contributed by atoms with Crippen LogP contribution in [0.4, 0.5) is 13.2 Å². The zero-order chi connectivity index (χ0) is 24.7. The smallest absolute Gasteiger partial charge is 0.431 e. The van der Waals surface area contributed by atoms with Crippen LogP contribution in [0.1, 0.15) is 35.2 Å². The molecular formula is C20H17Cl2F3N2O5S. The Morgan fingerprint density at radius 2 is 2.00 bits per heavy atom. The average molecular weight is 525 g/mol. The Morgan fingerprint density at radius 3 is 2.61 bits per heavy atom. The van der Waals surface area contributed by atoms with E-state index in [1.807, 2.05) is 0 Å². The maximum atomic E-state index is 13.1. The Labute approximate surface area is 199 Å². The van der Waals surface area contributed by atoms with Crippen molar-refractivity contribution >= 4 is 46.6 Å². The highest BCUT2D eigenvalue weighted by atomic mass is 35.5. The van der Waals surface area contributed by atoms with E-state index in [1.54, 1.807) is 6.92 Å². The number of esters is 1. The predicted octanol–water partition coefficient (Wildman–Crippen LogP) is 4.57. The first-order valence-corrected chi connectivity index (χ1v) is 11.0. The van der Waals surface area contributed by atoms with Gasteiger partial charge in [-0.05, 0) is 19.1 Å². The van der Waals surface area contributed by atoms with Crippen molar-refractivity contribution in [2.24, 2.45) is 7.05 Å². The molecule has 0 saturated carbocycles. The fourth-order valence-electron chi connectivity index (χ4n) is 3.15.